The van der Waals surface area contributed by atoms with Gasteiger partial charge in [0.25, 0.3) is 0 Å². The molecule has 1 aliphatic heterocycles. The van der Waals surface area contributed by atoms with E-state index in [4.69, 9.17) is 0 Å². The molecule has 0 unspecified atom stereocenters. The summed E-state index contributed by atoms with van der Waals surface area (Å²) in [5.74, 6) is -0.505. The molecule has 1 aromatic carbocycles. The Morgan fingerprint density at radius 2 is 1.68 bits per heavy atom. The molecule has 0 aromatic heterocycles. The molecular formula is C19H27N3O3. The van der Waals surface area contributed by atoms with Crippen LogP contribution in [0, 0.1) is 0 Å². The van der Waals surface area contributed by atoms with E-state index in [1.54, 1.807) is 0 Å². The summed E-state index contributed by atoms with van der Waals surface area (Å²) in [6.07, 6.45) is 0.675. The predicted molar refractivity (Wildman–Crippen MR) is 95.5 cm³/mol. The van der Waals surface area contributed by atoms with Gasteiger partial charge in [0, 0.05) is 38.9 Å². The first-order valence-corrected chi connectivity index (χ1v) is 8.94. The zero-order valence-corrected chi connectivity index (χ0v) is 15.1. The van der Waals surface area contributed by atoms with Crippen molar-refractivity contribution in [3.8, 4) is 0 Å². The smallest absolute Gasteiger partial charge is 0.229 e. The number of nitrogens with zero attached hydrogens (tertiary/aromatic N) is 2. The van der Waals surface area contributed by atoms with Crippen LogP contribution in [0.4, 0.5) is 0 Å². The topological polar surface area (TPSA) is 69.7 Å². The first-order chi connectivity index (χ1) is 12.0. The SMILES string of the molecule is CCN(CC)Cc1ccccc1CNC(=O)CCN1C(=O)CCC1=O. The second-order valence-corrected chi connectivity index (χ2v) is 6.20. The van der Waals surface area contributed by atoms with Crippen LogP contribution in [-0.4, -0.2) is 47.2 Å². The molecule has 1 aromatic rings. The summed E-state index contributed by atoms with van der Waals surface area (Å²) in [5.41, 5.74) is 2.30. The van der Waals surface area contributed by atoms with E-state index in [-0.39, 0.29) is 43.5 Å². The Labute approximate surface area is 149 Å². The van der Waals surface area contributed by atoms with Gasteiger partial charge in [-0.1, -0.05) is 38.1 Å². The van der Waals surface area contributed by atoms with Crippen LogP contribution in [0.2, 0.25) is 0 Å². The van der Waals surface area contributed by atoms with E-state index >= 15 is 0 Å². The molecule has 25 heavy (non-hydrogen) atoms. The lowest BCUT2D eigenvalue weighted by Crippen LogP contribution is -2.34. The number of carbonyl (C=O) groups is 3. The molecule has 1 fully saturated rings. The molecule has 2 rings (SSSR count). The maximum absolute atomic E-state index is 12.1. The molecule has 0 spiro atoms. The van der Waals surface area contributed by atoms with Crippen molar-refractivity contribution in [2.75, 3.05) is 19.6 Å². The molecule has 136 valence electrons. The summed E-state index contributed by atoms with van der Waals surface area (Å²) in [4.78, 5) is 38.7. The van der Waals surface area contributed by atoms with Crippen LogP contribution in [0.15, 0.2) is 24.3 Å². The summed E-state index contributed by atoms with van der Waals surface area (Å²) in [7, 11) is 0. The molecular weight excluding hydrogens is 318 g/mol. The van der Waals surface area contributed by atoms with E-state index in [0.29, 0.717) is 6.54 Å². The molecule has 0 radical (unpaired) electrons. The zero-order chi connectivity index (χ0) is 18.2. The molecule has 0 bridgehead atoms. The largest absolute Gasteiger partial charge is 0.352 e. The van der Waals surface area contributed by atoms with Gasteiger partial charge in [-0.3, -0.25) is 24.2 Å². The van der Waals surface area contributed by atoms with Gasteiger partial charge >= 0.3 is 0 Å². The van der Waals surface area contributed by atoms with Crippen LogP contribution in [-0.2, 0) is 27.5 Å². The third kappa shape index (κ3) is 5.39. The Morgan fingerprint density at radius 1 is 1.08 bits per heavy atom. The summed E-state index contributed by atoms with van der Waals surface area (Å²) in [6.45, 7) is 7.71. The highest BCUT2D eigenvalue weighted by molar-refractivity contribution is 6.02. The van der Waals surface area contributed by atoms with Crippen molar-refractivity contribution in [3.63, 3.8) is 0 Å². The Morgan fingerprint density at radius 3 is 2.28 bits per heavy atom. The molecule has 1 N–H and O–H groups in total. The number of carbonyl (C=O) groups excluding carboxylic acids is 3. The highest BCUT2D eigenvalue weighted by Crippen LogP contribution is 2.13. The zero-order valence-electron chi connectivity index (χ0n) is 15.1. The van der Waals surface area contributed by atoms with Gasteiger partial charge in [-0.2, -0.15) is 0 Å². The van der Waals surface area contributed by atoms with Crippen molar-refractivity contribution in [1.29, 1.82) is 0 Å². The third-order valence-corrected chi connectivity index (χ3v) is 4.60. The quantitative estimate of drug-likeness (QED) is 0.692. The number of rotatable bonds is 9. The van der Waals surface area contributed by atoms with Crippen molar-refractivity contribution in [1.82, 2.24) is 15.1 Å². The van der Waals surface area contributed by atoms with Crippen molar-refractivity contribution in [2.45, 2.75) is 46.2 Å². The second kappa shape index (κ2) is 9.32. The minimum absolute atomic E-state index is 0.148. The van der Waals surface area contributed by atoms with Crippen molar-refractivity contribution in [2.24, 2.45) is 0 Å². The number of benzene rings is 1. The monoisotopic (exact) mass is 345 g/mol. The van der Waals surface area contributed by atoms with Gasteiger partial charge in [0.05, 0.1) is 0 Å². The van der Waals surface area contributed by atoms with Gasteiger partial charge in [-0.15, -0.1) is 0 Å². The number of imide groups is 1. The maximum Gasteiger partial charge on any atom is 0.229 e. The van der Waals surface area contributed by atoms with Crippen LogP contribution < -0.4 is 5.32 Å². The molecule has 1 aliphatic rings. The Bertz CT molecular complexity index is 610. The lowest BCUT2D eigenvalue weighted by Gasteiger charge is -2.20. The van der Waals surface area contributed by atoms with E-state index in [1.165, 1.54) is 10.5 Å². The van der Waals surface area contributed by atoms with Crippen molar-refractivity contribution in [3.05, 3.63) is 35.4 Å². The molecule has 6 heteroatoms. The van der Waals surface area contributed by atoms with Gasteiger partial charge in [0.2, 0.25) is 17.7 Å². The van der Waals surface area contributed by atoms with E-state index in [0.717, 1.165) is 25.2 Å². The Kier molecular flexibility index (Phi) is 7.13. The fourth-order valence-electron chi connectivity index (χ4n) is 2.94. The molecule has 1 heterocycles. The number of likely N-dealkylation sites (tertiary alicyclic amines) is 1. The minimum Gasteiger partial charge on any atom is -0.352 e. The molecule has 1 saturated heterocycles. The Hall–Kier alpha value is -2.21. The highest BCUT2D eigenvalue weighted by atomic mass is 16.2. The highest BCUT2D eigenvalue weighted by Gasteiger charge is 2.28. The van der Waals surface area contributed by atoms with Crippen LogP contribution in [0.5, 0.6) is 0 Å². The van der Waals surface area contributed by atoms with Gasteiger partial charge in [-0.25, -0.2) is 0 Å². The third-order valence-electron chi connectivity index (χ3n) is 4.60. The van der Waals surface area contributed by atoms with Crippen LogP contribution in [0.3, 0.4) is 0 Å². The van der Waals surface area contributed by atoms with Gasteiger partial charge in [-0.05, 0) is 24.2 Å². The Balaban J connectivity index is 1.85. The molecule has 0 aliphatic carbocycles. The average molecular weight is 345 g/mol. The predicted octanol–water partition coefficient (Wildman–Crippen LogP) is 1.68. The average Bonchev–Trinajstić information content (AvgIpc) is 2.94. The lowest BCUT2D eigenvalue weighted by atomic mass is 10.1. The van der Waals surface area contributed by atoms with E-state index in [1.807, 2.05) is 18.2 Å². The summed E-state index contributed by atoms with van der Waals surface area (Å²) >= 11 is 0. The van der Waals surface area contributed by atoms with E-state index in [9.17, 15) is 14.4 Å². The number of hydrogen-bond donors (Lipinski definition) is 1. The first-order valence-electron chi connectivity index (χ1n) is 8.94. The van der Waals surface area contributed by atoms with Crippen molar-refractivity contribution >= 4 is 17.7 Å². The maximum atomic E-state index is 12.1. The van der Waals surface area contributed by atoms with Crippen molar-refractivity contribution < 1.29 is 14.4 Å². The summed E-state index contributed by atoms with van der Waals surface area (Å²) < 4.78 is 0. The molecule has 3 amide bonds. The molecule has 6 nitrogen and oxygen atoms in total. The van der Waals surface area contributed by atoms with Crippen LogP contribution >= 0.6 is 0 Å². The van der Waals surface area contributed by atoms with E-state index < -0.39 is 0 Å². The van der Waals surface area contributed by atoms with Gasteiger partial charge in [0.15, 0.2) is 0 Å². The fraction of sp³-hybridized carbons (Fsp3) is 0.526. The van der Waals surface area contributed by atoms with Crippen LogP contribution in [0.1, 0.15) is 44.2 Å². The second-order valence-electron chi connectivity index (χ2n) is 6.20. The summed E-state index contributed by atoms with van der Waals surface area (Å²) in [6, 6.07) is 8.08. The van der Waals surface area contributed by atoms with Gasteiger partial charge in [0.1, 0.15) is 0 Å². The first kappa shape index (κ1) is 19.1. The normalized spacial score (nSPS) is 14.4. The minimum atomic E-state index is -0.178. The molecule has 0 atom stereocenters. The number of amides is 3. The van der Waals surface area contributed by atoms with Crippen LogP contribution in [0.25, 0.3) is 0 Å². The van der Waals surface area contributed by atoms with E-state index in [2.05, 4.69) is 30.1 Å². The fourth-order valence-corrected chi connectivity index (χ4v) is 2.94. The molecule has 0 saturated carbocycles. The van der Waals surface area contributed by atoms with Gasteiger partial charge < -0.3 is 5.32 Å². The standard InChI is InChI=1S/C19H27N3O3/c1-3-21(4-2)14-16-8-6-5-7-15(16)13-20-17(23)11-12-22-18(24)9-10-19(22)25/h5-8H,3-4,9-14H2,1-2H3,(H,20,23). The number of nitrogens with one attached hydrogen (secondary N) is 1. The number of hydrogen-bond acceptors (Lipinski definition) is 4. The lowest BCUT2D eigenvalue weighted by molar-refractivity contribution is -0.138. The summed E-state index contributed by atoms with van der Waals surface area (Å²) in [5, 5.41) is 2.90.